The molecule has 0 nitrogen and oxygen atoms in total. The highest BCUT2D eigenvalue weighted by Gasteiger charge is 2.05. The molecule has 0 saturated carbocycles. The van der Waals surface area contributed by atoms with Crippen LogP contribution in [0.3, 0.4) is 0 Å². The fourth-order valence-corrected chi connectivity index (χ4v) is 2.00. The highest BCUT2D eigenvalue weighted by Crippen LogP contribution is 2.32. The smallest absolute Gasteiger partial charge is 0.0491 e. The molecule has 0 heterocycles. The second-order valence-corrected chi connectivity index (χ2v) is 4.13. The fourth-order valence-electron chi connectivity index (χ4n) is 1.29. The first-order valence-corrected chi connectivity index (χ1v) is 5.37. The van der Waals surface area contributed by atoms with Crippen LogP contribution in [0.15, 0.2) is 46.9 Å². The van der Waals surface area contributed by atoms with Crippen molar-refractivity contribution in [3.05, 3.63) is 58.0 Å². The van der Waals surface area contributed by atoms with Crippen molar-refractivity contribution in [2.75, 3.05) is 0 Å². The summed E-state index contributed by atoms with van der Waals surface area (Å²) in [6.45, 7) is 0. The average molecular weight is 267 g/mol. The van der Waals surface area contributed by atoms with Crippen LogP contribution in [0.25, 0.3) is 11.1 Å². The van der Waals surface area contributed by atoms with Crippen molar-refractivity contribution in [3.8, 4) is 11.1 Å². The molecule has 2 aromatic carbocycles. The van der Waals surface area contributed by atoms with Crippen molar-refractivity contribution in [1.82, 2.24) is 0 Å². The lowest BCUT2D eigenvalue weighted by Gasteiger charge is -2.05. The summed E-state index contributed by atoms with van der Waals surface area (Å²) >= 11 is 9.57. The van der Waals surface area contributed by atoms with Crippen molar-refractivity contribution in [3.63, 3.8) is 0 Å². The van der Waals surface area contributed by atoms with E-state index in [0.29, 0.717) is 0 Å². The normalized spacial score (nSPS) is 10.1. The Kier molecular flexibility index (Phi) is 2.90. The molecule has 0 atom stereocenters. The standard InChI is InChI=1S/C12H7BrCl/c13-11-7-3-1-5-9(11)10-6-2-4-8-12(10)14/h1-5,7-8H. The minimum Gasteiger partial charge on any atom is -0.0836 e. The van der Waals surface area contributed by atoms with Gasteiger partial charge in [-0.2, -0.15) is 0 Å². The van der Waals surface area contributed by atoms with Crippen LogP contribution in [0.2, 0.25) is 5.02 Å². The van der Waals surface area contributed by atoms with Crippen LogP contribution in [0.4, 0.5) is 0 Å². The summed E-state index contributed by atoms with van der Waals surface area (Å²) in [7, 11) is 0. The molecule has 0 unspecified atom stereocenters. The van der Waals surface area contributed by atoms with E-state index >= 15 is 0 Å². The van der Waals surface area contributed by atoms with Gasteiger partial charge in [0.25, 0.3) is 0 Å². The van der Waals surface area contributed by atoms with Crippen LogP contribution < -0.4 is 0 Å². The molecule has 2 heteroatoms. The summed E-state index contributed by atoms with van der Waals surface area (Å²) in [6.07, 6.45) is 0. The van der Waals surface area contributed by atoms with Crippen molar-refractivity contribution in [1.29, 1.82) is 0 Å². The maximum Gasteiger partial charge on any atom is 0.0491 e. The van der Waals surface area contributed by atoms with E-state index in [2.05, 4.69) is 22.0 Å². The summed E-state index contributed by atoms with van der Waals surface area (Å²) in [4.78, 5) is 0. The molecule has 0 N–H and O–H groups in total. The zero-order valence-corrected chi connectivity index (χ0v) is 9.64. The van der Waals surface area contributed by atoms with Gasteiger partial charge in [-0.05, 0) is 23.8 Å². The predicted molar refractivity (Wildman–Crippen MR) is 63.4 cm³/mol. The second-order valence-electron chi connectivity index (χ2n) is 2.87. The van der Waals surface area contributed by atoms with E-state index in [1.54, 1.807) is 0 Å². The molecule has 0 bridgehead atoms. The van der Waals surface area contributed by atoms with Gasteiger partial charge in [-0.3, -0.25) is 0 Å². The molecule has 0 aliphatic rings. The van der Waals surface area contributed by atoms with E-state index in [9.17, 15) is 0 Å². The lowest BCUT2D eigenvalue weighted by molar-refractivity contribution is 1.58. The van der Waals surface area contributed by atoms with Gasteiger partial charge in [0.05, 0.1) is 0 Å². The molecular weight excluding hydrogens is 259 g/mol. The largest absolute Gasteiger partial charge is 0.0836 e. The lowest BCUT2D eigenvalue weighted by Crippen LogP contribution is -1.80. The number of hydrogen-bond donors (Lipinski definition) is 0. The van der Waals surface area contributed by atoms with E-state index in [-0.39, 0.29) is 0 Å². The van der Waals surface area contributed by atoms with Crippen molar-refractivity contribution < 1.29 is 0 Å². The van der Waals surface area contributed by atoms with Crippen LogP contribution in [-0.2, 0) is 0 Å². The molecular formula is C12H7BrCl. The minimum absolute atomic E-state index is 0.722. The van der Waals surface area contributed by atoms with Crippen molar-refractivity contribution in [2.24, 2.45) is 0 Å². The topological polar surface area (TPSA) is 0 Å². The Morgan fingerprint density at radius 1 is 1.07 bits per heavy atom. The predicted octanol–water partition coefficient (Wildman–Crippen LogP) is 4.57. The average Bonchev–Trinajstić information content (AvgIpc) is 2.20. The van der Waals surface area contributed by atoms with Gasteiger partial charge >= 0.3 is 0 Å². The lowest BCUT2D eigenvalue weighted by atomic mass is 10.1. The maximum absolute atomic E-state index is 6.08. The molecule has 0 aliphatic heterocycles. The quantitative estimate of drug-likeness (QED) is 0.709. The summed E-state index contributed by atoms with van der Waals surface area (Å²) in [5.41, 5.74) is 2.00. The van der Waals surface area contributed by atoms with Gasteiger partial charge in [-0.25, -0.2) is 0 Å². The third kappa shape index (κ3) is 1.84. The van der Waals surface area contributed by atoms with Gasteiger partial charge in [-0.15, -0.1) is 0 Å². The Morgan fingerprint density at radius 2 is 1.86 bits per heavy atom. The number of hydrogen-bond acceptors (Lipinski definition) is 0. The first kappa shape index (κ1) is 9.75. The van der Waals surface area contributed by atoms with Crippen LogP contribution >= 0.6 is 27.5 Å². The van der Waals surface area contributed by atoms with E-state index < -0.39 is 0 Å². The van der Waals surface area contributed by atoms with Crippen molar-refractivity contribution >= 4 is 27.5 Å². The monoisotopic (exact) mass is 265 g/mol. The summed E-state index contributed by atoms with van der Waals surface area (Å²) < 4.78 is 1.03. The van der Waals surface area contributed by atoms with Crippen LogP contribution in [-0.4, -0.2) is 0 Å². The maximum atomic E-state index is 6.08. The molecule has 0 fully saturated rings. The molecule has 0 aliphatic carbocycles. The van der Waals surface area contributed by atoms with E-state index in [0.717, 1.165) is 20.6 Å². The van der Waals surface area contributed by atoms with Gasteiger partial charge in [0.15, 0.2) is 0 Å². The van der Waals surface area contributed by atoms with E-state index in [1.165, 1.54) is 0 Å². The zero-order valence-electron chi connectivity index (χ0n) is 7.30. The molecule has 2 aromatic rings. The third-order valence-electron chi connectivity index (χ3n) is 1.95. The Labute approximate surface area is 96.7 Å². The Bertz CT molecular complexity index is 408. The number of rotatable bonds is 1. The summed E-state index contributed by atoms with van der Waals surface area (Å²) in [5.74, 6) is 0. The van der Waals surface area contributed by atoms with Crippen LogP contribution in [0.5, 0.6) is 0 Å². The SMILES string of the molecule is Clc1ccc[c]c1-c1ccccc1Br. The zero-order chi connectivity index (χ0) is 9.97. The summed E-state index contributed by atoms with van der Waals surface area (Å²) in [5, 5.41) is 0.722. The van der Waals surface area contributed by atoms with Gasteiger partial charge in [0.2, 0.25) is 0 Å². The minimum atomic E-state index is 0.722. The number of benzene rings is 2. The molecule has 69 valence electrons. The second kappa shape index (κ2) is 4.16. The molecule has 0 amide bonds. The molecule has 0 saturated heterocycles. The van der Waals surface area contributed by atoms with Gasteiger partial charge in [-0.1, -0.05) is 57.9 Å². The first-order valence-electron chi connectivity index (χ1n) is 4.20. The van der Waals surface area contributed by atoms with Gasteiger partial charge < -0.3 is 0 Å². The molecule has 1 radical (unpaired) electrons. The third-order valence-corrected chi connectivity index (χ3v) is 2.95. The van der Waals surface area contributed by atoms with Crippen LogP contribution in [0, 0.1) is 6.07 Å². The Morgan fingerprint density at radius 3 is 2.57 bits per heavy atom. The molecule has 14 heavy (non-hydrogen) atoms. The highest BCUT2D eigenvalue weighted by atomic mass is 79.9. The van der Waals surface area contributed by atoms with Gasteiger partial charge in [0, 0.05) is 15.1 Å². The summed E-state index contributed by atoms with van der Waals surface area (Å²) in [6, 6.07) is 16.7. The fraction of sp³-hybridized carbons (Fsp3) is 0. The highest BCUT2D eigenvalue weighted by molar-refractivity contribution is 9.10. The molecule has 2 rings (SSSR count). The molecule has 0 spiro atoms. The van der Waals surface area contributed by atoms with Crippen molar-refractivity contribution in [2.45, 2.75) is 0 Å². The first-order chi connectivity index (χ1) is 6.79. The molecule has 0 aromatic heterocycles. The Balaban J connectivity index is 2.61. The Hall–Kier alpha value is -0.790. The number of halogens is 2. The van der Waals surface area contributed by atoms with E-state index in [1.807, 2.05) is 42.5 Å². The van der Waals surface area contributed by atoms with Crippen LogP contribution in [0.1, 0.15) is 0 Å². The van der Waals surface area contributed by atoms with Gasteiger partial charge in [0.1, 0.15) is 0 Å². The van der Waals surface area contributed by atoms with E-state index in [4.69, 9.17) is 11.6 Å².